The zero-order valence-corrected chi connectivity index (χ0v) is 15.7. The molecule has 0 spiro atoms. The standard InChI is InChI=1S/C13H19BrFN3O.HI/c1-9(8-19-3)18-13(16-2)17-7-10-4-5-11(14)6-12(10)15;/h4-6,9H,7-8H2,1-3H3,(H2,16,17,18);1H. The molecule has 0 aromatic heterocycles. The minimum atomic E-state index is -0.248. The van der Waals surface area contributed by atoms with Gasteiger partial charge in [0.25, 0.3) is 0 Å². The fourth-order valence-electron chi connectivity index (χ4n) is 1.56. The molecule has 1 atom stereocenters. The molecule has 0 aliphatic heterocycles. The fourth-order valence-corrected chi connectivity index (χ4v) is 1.90. The van der Waals surface area contributed by atoms with Crippen LogP contribution in [0.3, 0.4) is 0 Å². The molecule has 0 aliphatic carbocycles. The molecule has 0 aliphatic rings. The van der Waals surface area contributed by atoms with E-state index in [1.807, 2.05) is 13.0 Å². The molecule has 0 saturated carbocycles. The number of aliphatic imine (C=N–C) groups is 1. The summed E-state index contributed by atoms with van der Waals surface area (Å²) in [4.78, 5) is 4.08. The van der Waals surface area contributed by atoms with Crippen LogP contribution in [-0.4, -0.2) is 32.8 Å². The van der Waals surface area contributed by atoms with E-state index in [0.29, 0.717) is 24.7 Å². The quantitative estimate of drug-likeness (QED) is 0.404. The zero-order valence-electron chi connectivity index (χ0n) is 11.7. The summed E-state index contributed by atoms with van der Waals surface area (Å²) in [6.07, 6.45) is 0. The van der Waals surface area contributed by atoms with Crippen molar-refractivity contribution in [1.82, 2.24) is 10.6 Å². The van der Waals surface area contributed by atoms with Gasteiger partial charge in [-0.05, 0) is 19.1 Å². The molecule has 4 nitrogen and oxygen atoms in total. The van der Waals surface area contributed by atoms with Crippen LogP contribution in [0.1, 0.15) is 12.5 Å². The lowest BCUT2D eigenvalue weighted by Gasteiger charge is -2.17. The Morgan fingerprint density at radius 3 is 2.75 bits per heavy atom. The van der Waals surface area contributed by atoms with Crippen LogP contribution in [0.5, 0.6) is 0 Å². The number of rotatable bonds is 5. The Morgan fingerprint density at radius 1 is 1.50 bits per heavy atom. The van der Waals surface area contributed by atoms with Gasteiger partial charge in [0.05, 0.1) is 6.61 Å². The topological polar surface area (TPSA) is 45.7 Å². The third kappa shape index (κ3) is 6.85. The predicted octanol–water partition coefficient (Wildman–Crippen LogP) is 2.91. The summed E-state index contributed by atoms with van der Waals surface area (Å²) in [5, 5.41) is 6.21. The van der Waals surface area contributed by atoms with Crippen molar-refractivity contribution in [3.05, 3.63) is 34.1 Å². The van der Waals surface area contributed by atoms with Crippen LogP contribution in [0.25, 0.3) is 0 Å². The Balaban J connectivity index is 0.00000361. The second-order valence-electron chi connectivity index (χ2n) is 4.16. The summed E-state index contributed by atoms with van der Waals surface area (Å²) in [7, 11) is 3.32. The Morgan fingerprint density at radius 2 is 2.20 bits per heavy atom. The second-order valence-corrected chi connectivity index (χ2v) is 5.08. The first-order valence-electron chi connectivity index (χ1n) is 5.97. The van der Waals surface area contributed by atoms with Crippen molar-refractivity contribution in [2.75, 3.05) is 20.8 Å². The van der Waals surface area contributed by atoms with E-state index >= 15 is 0 Å². The van der Waals surface area contributed by atoms with Gasteiger partial charge in [-0.3, -0.25) is 4.99 Å². The molecular formula is C13H20BrFIN3O. The molecule has 0 amide bonds. The number of benzene rings is 1. The van der Waals surface area contributed by atoms with E-state index in [-0.39, 0.29) is 35.8 Å². The maximum Gasteiger partial charge on any atom is 0.191 e. The molecule has 2 N–H and O–H groups in total. The highest BCUT2D eigenvalue weighted by Gasteiger charge is 2.06. The van der Waals surface area contributed by atoms with E-state index in [9.17, 15) is 4.39 Å². The summed E-state index contributed by atoms with van der Waals surface area (Å²) >= 11 is 3.23. The van der Waals surface area contributed by atoms with Crippen molar-refractivity contribution in [3.63, 3.8) is 0 Å². The number of hydrogen-bond acceptors (Lipinski definition) is 2. The van der Waals surface area contributed by atoms with E-state index in [4.69, 9.17) is 4.74 Å². The van der Waals surface area contributed by atoms with E-state index in [0.717, 1.165) is 4.47 Å². The largest absolute Gasteiger partial charge is 0.383 e. The van der Waals surface area contributed by atoms with Crippen LogP contribution in [0.4, 0.5) is 4.39 Å². The summed E-state index contributed by atoms with van der Waals surface area (Å²) in [5.41, 5.74) is 0.588. The molecule has 1 aromatic carbocycles. The maximum absolute atomic E-state index is 13.6. The minimum absolute atomic E-state index is 0. The molecule has 0 fully saturated rings. The predicted molar refractivity (Wildman–Crippen MR) is 94.2 cm³/mol. The molecule has 1 aromatic rings. The molecule has 0 heterocycles. The molecular weight excluding hydrogens is 440 g/mol. The molecule has 0 saturated heterocycles. The van der Waals surface area contributed by atoms with Crippen LogP contribution < -0.4 is 10.6 Å². The van der Waals surface area contributed by atoms with Gasteiger partial charge in [-0.25, -0.2) is 4.39 Å². The smallest absolute Gasteiger partial charge is 0.191 e. The Kier molecular flexibility index (Phi) is 10.1. The van der Waals surface area contributed by atoms with Gasteiger partial charge in [0.15, 0.2) is 5.96 Å². The highest BCUT2D eigenvalue weighted by atomic mass is 127. The highest BCUT2D eigenvalue weighted by molar-refractivity contribution is 14.0. The highest BCUT2D eigenvalue weighted by Crippen LogP contribution is 2.14. The first-order valence-corrected chi connectivity index (χ1v) is 6.76. The number of methoxy groups -OCH3 is 1. The van der Waals surface area contributed by atoms with E-state index in [1.165, 1.54) is 6.07 Å². The van der Waals surface area contributed by atoms with Gasteiger partial charge in [0, 0.05) is 36.8 Å². The first kappa shape index (κ1) is 19.6. The summed E-state index contributed by atoms with van der Waals surface area (Å²) in [6.45, 7) is 2.93. The van der Waals surface area contributed by atoms with Crippen molar-refractivity contribution >= 4 is 45.9 Å². The van der Waals surface area contributed by atoms with E-state index in [1.54, 1.807) is 20.2 Å². The lowest BCUT2D eigenvalue weighted by Crippen LogP contribution is -2.43. The Bertz CT molecular complexity index is 446. The summed E-state index contributed by atoms with van der Waals surface area (Å²) in [5.74, 6) is 0.370. The van der Waals surface area contributed by atoms with Gasteiger partial charge in [0.2, 0.25) is 0 Å². The molecule has 1 rings (SSSR count). The number of nitrogens with zero attached hydrogens (tertiary/aromatic N) is 1. The maximum atomic E-state index is 13.6. The van der Waals surface area contributed by atoms with Gasteiger partial charge >= 0.3 is 0 Å². The third-order valence-corrected chi connectivity index (χ3v) is 2.98. The number of halogens is 3. The average molecular weight is 460 g/mol. The third-order valence-electron chi connectivity index (χ3n) is 2.48. The number of guanidine groups is 1. The summed E-state index contributed by atoms with van der Waals surface area (Å²) < 4.78 is 19.4. The normalized spacial score (nSPS) is 12.6. The zero-order chi connectivity index (χ0) is 14.3. The van der Waals surface area contributed by atoms with Gasteiger partial charge in [-0.15, -0.1) is 24.0 Å². The van der Waals surface area contributed by atoms with Crippen molar-refractivity contribution in [2.45, 2.75) is 19.5 Å². The second kappa shape index (κ2) is 10.3. The molecule has 0 radical (unpaired) electrons. The van der Waals surface area contributed by atoms with Crippen LogP contribution in [0, 0.1) is 5.82 Å². The lowest BCUT2D eigenvalue weighted by atomic mass is 10.2. The SMILES string of the molecule is CN=C(NCc1ccc(Br)cc1F)NC(C)COC.I. The van der Waals surface area contributed by atoms with Crippen LogP contribution >= 0.6 is 39.9 Å². The van der Waals surface area contributed by atoms with Crippen molar-refractivity contribution in [2.24, 2.45) is 4.99 Å². The van der Waals surface area contributed by atoms with Crippen LogP contribution in [-0.2, 0) is 11.3 Å². The van der Waals surface area contributed by atoms with Crippen LogP contribution in [0.2, 0.25) is 0 Å². The first-order chi connectivity index (χ1) is 9.06. The minimum Gasteiger partial charge on any atom is -0.383 e. The van der Waals surface area contributed by atoms with Gasteiger partial charge in [0.1, 0.15) is 5.82 Å². The van der Waals surface area contributed by atoms with Gasteiger partial charge in [-0.1, -0.05) is 22.0 Å². The monoisotopic (exact) mass is 459 g/mol. The van der Waals surface area contributed by atoms with E-state index < -0.39 is 0 Å². The number of hydrogen-bond donors (Lipinski definition) is 2. The van der Waals surface area contributed by atoms with Gasteiger partial charge < -0.3 is 15.4 Å². The molecule has 20 heavy (non-hydrogen) atoms. The van der Waals surface area contributed by atoms with Gasteiger partial charge in [-0.2, -0.15) is 0 Å². The average Bonchev–Trinajstić information content (AvgIpc) is 2.36. The Labute approximate surface area is 144 Å². The van der Waals surface area contributed by atoms with Crippen LogP contribution in [0.15, 0.2) is 27.7 Å². The van der Waals surface area contributed by atoms with Crippen molar-refractivity contribution < 1.29 is 9.13 Å². The molecule has 7 heteroatoms. The lowest BCUT2D eigenvalue weighted by molar-refractivity contribution is 0.179. The molecule has 0 bridgehead atoms. The fraction of sp³-hybridized carbons (Fsp3) is 0.462. The number of nitrogens with one attached hydrogen (secondary N) is 2. The number of ether oxygens (including phenoxy) is 1. The van der Waals surface area contributed by atoms with Crippen molar-refractivity contribution in [1.29, 1.82) is 0 Å². The van der Waals surface area contributed by atoms with Crippen molar-refractivity contribution in [3.8, 4) is 0 Å². The molecule has 1 unspecified atom stereocenters. The molecule has 114 valence electrons. The Hall–Kier alpha value is -0.410. The van der Waals surface area contributed by atoms with E-state index in [2.05, 4.69) is 31.6 Å². The summed E-state index contributed by atoms with van der Waals surface area (Å²) in [6, 6.07) is 5.12.